The van der Waals surface area contributed by atoms with Crippen LogP contribution in [0.5, 0.6) is 0 Å². The minimum absolute atomic E-state index is 0.467. The summed E-state index contributed by atoms with van der Waals surface area (Å²) in [6, 6.07) is 0. The molecule has 1 fully saturated rings. The number of thiol groups is 1. The molecule has 0 aromatic heterocycles. The molecule has 0 radical (unpaired) electrons. The Morgan fingerprint density at radius 3 is 2.33 bits per heavy atom. The number of ether oxygens (including phenoxy) is 2. The highest BCUT2D eigenvalue weighted by molar-refractivity contribution is 7.80. The molecule has 0 spiro atoms. The Kier molecular flexibility index (Phi) is 4.78. The normalized spacial score (nSPS) is 44.0. The second-order valence-electron chi connectivity index (χ2n) is 3.43. The van der Waals surface area contributed by atoms with Crippen LogP contribution in [0, 0.1) is 0 Å². The molecule has 0 bridgehead atoms. The Morgan fingerprint density at radius 2 is 1.87 bits per heavy atom. The van der Waals surface area contributed by atoms with Crippen LogP contribution in [0.25, 0.3) is 0 Å². The van der Waals surface area contributed by atoms with Crippen LogP contribution in [-0.4, -0.2) is 63.2 Å². The fourth-order valence-corrected chi connectivity index (χ4v) is 1.49. The molecular formula is C8H16O6S. The van der Waals surface area contributed by atoms with E-state index in [4.69, 9.17) is 14.6 Å². The van der Waals surface area contributed by atoms with Crippen LogP contribution < -0.4 is 0 Å². The molecule has 0 amide bonds. The molecule has 90 valence electrons. The fourth-order valence-electron chi connectivity index (χ4n) is 1.37. The Hall–Kier alpha value is 0.110. The maximum absolute atomic E-state index is 9.49. The van der Waals surface area contributed by atoms with Gasteiger partial charge in [-0.05, 0) is 6.92 Å². The van der Waals surface area contributed by atoms with Crippen LogP contribution in [0.2, 0.25) is 0 Å². The fraction of sp³-hybridized carbons (Fsp3) is 1.00. The second-order valence-corrected chi connectivity index (χ2v) is 4.16. The molecular weight excluding hydrogens is 224 g/mol. The van der Waals surface area contributed by atoms with Crippen LogP contribution >= 0.6 is 12.6 Å². The average Bonchev–Trinajstić information content (AvgIpc) is 2.18. The Balaban J connectivity index is 2.65. The van der Waals surface area contributed by atoms with Gasteiger partial charge in [-0.1, -0.05) is 0 Å². The van der Waals surface area contributed by atoms with E-state index in [-0.39, 0.29) is 0 Å². The van der Waals surface area contributed by atoms with Gasteiger partial charge in [0.2, 0.25) is 0 Å². The quantitative estimate of drug-likeness (QED) is 0.291. The van der Waals surface area contributed by atoms with Crippen molar-refractivity contribution in [2.45, 2.75) is 43.1 Å². The standard InChI is InChI=1S/C8H16O6S/c1-3(15)13-8-7(12)6(11)5(10)4(2-9)14-8/h3-12,15H,2H2,1H3/t3?,4-,5-,6+,7+,8+/m1/s1. The van der Waals surface area contributed by atoms with Gasteiger partial charge in [0.25, 0.3) is 0 Å². The number of hydrogen-bond acceptors (Lipinski definition) is 7. The first-order valence-electron chi connectivity index (χ1n) is 4.61. The smallest absolute Gasteiger partial charge is 0.188 e. The lowest BCUT2D eigenvalue weighted by Gasteiger charge is -2.40. The van der Waals surface area contributed by atoms with E-state index in [0.29, 0.717) is 0 Å². The maximum Gasteiger partial charge on any atom is 0.188 e. The molecule has 4 N–H and O–H groups in total. The molecule has 1 aliphatic rings. The summed E-state index contributed by atoms with van der Waals surface area (Å²) in [5.41, 5.74) is -0.494. The van der Waals surface area contributed by atoms with Crippen LogP contribution in [0.4, 0.5) is 0 Å². The van der Waals surface area contributed by atoms with Crippen molar-refractivity contribution in [2.24, 2.45) is 0 Å². The highest BCUT2D eigenvalue weighted by Gasteiger charge is 2.44. The van der Waals surface area contributed by atoms with Crippen LogP contribution in [0.3, 0.4) is 0 Å². The molecule has 1 rings (SSSR count). The van der Waals surface area contributed by atoms with Gasteiger partial charge in [-0.25, -0.2) is 0 Å². The van der Waals surface area contributed by atoms with E-state index >= 15 is 0 Å². The van der Waals surface area contributed by atoms with Gasteiger partial charge >= 0.3 is 0 Å². The third-order valence-electron chi connectivity index (χ3n) is 2.18. The molecule has 1 heterocycles. The van der Waals surface area contributed by atoms with Gasteiger partial charge in [0.05, 0.1) is 6.61 Å². The van der Waals surface area contributed by atoms with Gasteiger partial charge in [-0.15, -0.1) is 12.6 Å². The van der Waals surface area contributed by atoms with E-state index in [1.54, 1.807) is 6.92 Å². The Labute approximate surface area is 92.8 Å². The largest absolute Gasteiger partial charge is 0.394 e. The molecule has 1 aliphatic heterocycles. The van der Waals surface area contributed by atoms with Gasteiger partial charge in [0, 0.05) is 0 Å². The third kappa shape index (κ3) is 3.04. The first-order chi connectivity index (χ1) is 6.97. The molecule has 6 nitrogen and oxygen atoms in total. The van der Waals surface area contributed by atoms with Crippen molar-refractivity contribution in [1.29, 1.82) is 0 Å². The molecule has 6 atom stereocenters. The summed E-state index contributed by atoms with van der Waals surface area (Å²) in [5.74, 6) is 0. The Morgan fingerprint density at radius 1 is 1.27 bits per heavy atom. The van der Waals surface area contributed by atoms with Gasteiger partial charge in [0.1, 0.15) is 29.9 Å². The van der Waals surface area contributed by atoms with E-state index in [0.717, 1.165) is 0 Å². The monoisotopic (exact) mass is 240 g/mol. The predicted octanol–water partition coefficient (Wildman–Crippen LogP) is -1.92. The molecule has 0 saturated carbocycles. The molecule has 0 aliphatic carbocycles. The predicted molar refractivity (Wildman–Crippen MR) is 53.3 cm³/mol. The number of rotatable bonds is 3. The molecule has 15 heavy (non-hydrogen) atoms. The average molecular weight is 240 g/mol. The minimum Gasteiger partial charge on any atom is -0.394 e. The summed E-state index contributed by atoms with van der Waals surface area (Å²) in [4.78, 5) is 0. The van der Waals surface area contributed by atoms with Crippen LogP contribution in [-0.2, 0) is 9.47 Å². The van der Waals surface area contributed by atoms with E-state index in [1.807, 2.05) is 0 Å². The van der Waals surface area contributed by atoms with E-state index in [2.05, 4.69) is 12.6 Å². The summed E-state index contributed by atoms with van der Waals surface area (Å²) >= 11 is 3.94. The zero-order valence-electron chi connectivity index (χ0n) is 8.22. The van der Waals surface area contributed by atoms with Crippen molar-refractivity contribution in [1.82, 2.24) is 0 Å². The SMILES string of the molecule is CC(S)O[C@H]1O[C@H](CO)[C@@H](O)[C@H](O)[C@@H]1O. The van der Waals surface area contributed by atoms with E-state index in [1.165, 1.54) is 0 Å². The van der Waals surface area contributed by atoms with Crippen molar-refractivity contribution in [3.8, 4) is 0 Å². The topological polar surface area (TPSA) is 99.4 Å². The lowest BCUT2D eigenvalue weighted by atomic mass is 9.99. The molecule has 0 aromatic rings. The summed E-state index contributed by atoms with van der Waals surface area (Å²) in [7, 11) is 0. The first kappa shape index (κ1) is 13.2. The van der Waals surface area contributed by atoms with Gasteiger partial charge in [-0.3, -0.25) is 0 Å². The zero-order chi connectivity index (χ0) is 11.6. The second kappa shape index (κ2) is 5.44. The lowest BCUT2D eigenvalue weighted by Crippen LogP contribution is -2.59. The first-order valence-corrected chi connectivity index (χ1v) is 5.13. The number of aliphatic hydroxyl groups is 4. The molecule has 7 heteroatoms. The lowest BCUT2D eigenvalue weighted by molar-refractivity contribution is -0.302. The zero-order valence-corrected chi connectivity index (χ0v) is 9.12. The molecule has 1 saturated heterocycles. The summed E-state index contributed by atoms with van der Waals surface area (Å²) < 4.78 is 10.1. The van der Waals surface area contributed by atoms with Crippen molar-refractivity contribution in [2.75, 3.05) is 6.61 Å². The number of hydrogen-bond donors (Lipinski definition) is 5. The van der Waals surface area contributed by atoms with Crippen molar-refractivity contribution < 1.29 is 29.9 Å². The van der Waals surface area contributed by atoms with E-state index in [9.17, 15) is 15.3 Å². The summed E-state index contributed by atoms with van der Waals surface area (Å²) in [6.07, 6.45) is -6.18. The minimum atomic E-state index is -1.41. The van der Waals surface area contributed by atoms with Crippen molar-refractivity contribution in [3.63, 3.8) is 0 Å². The highest BCUT2D eigenvalue weighted by atomic mass is 32.1. The number of aliphatic hydroxyl groups excluding tert-OH is 4. The highest BCUT2D eigenvalue weighted by Crippen LogP contribution is 2.23. The van der Waals surface area contributed by atoms with Crippen molar-refractivity contribution >= 4 is 12.6 Å². The van der Waals surface area contributed by atoms with Crippen LogP contribution in [0.1, 0.15) is 6.92 Å². The van der Waals surface area contributed by atoms with Gasteiger partial charge in [-0.2, -0.15) is 0 Å². The van der Waals surface area contributed by atoms with Crippen LogP contribution in [0.15, 0.2) is 0 Å². The van der Waals surface area contributed by atoms with E-state index < -0.39 is 42.7 Å². The third-order valence-corrected chi connectivity index (χ3v) is 2.30. The molecule has 0 aromatic carbocycles. The van der Waals surface area contributed by atoms with Gasteiger partial charge in [0.15, 0.2) is 6.29 Å². The maximum atomic E-state index is 9.49. The van der Waals surface area contributed by atoms with Gasteiger partial charge < -0.3 is 29.9 Å². The summed E-state index contributed by atoms with van der Waals surface area (Å²) in [5, 5.41) is 37.2. The van der Waals surface area contributed by atoms with Crippen molar-refractivity contribution in [3.05, 3.63) is 0 Å². The Bertz CT molecular complexity index is 200. The molecule has 1 unspecified atom stereocenters. The summed E-state index contributed by atoms with van der Waals surface area (Å²) in [6.45, 7) is 1.15.